The van der Waals surface area contributed by atoms with Crippen LogP contribution in [0, 0.1) is 13.8 Å². The molecule has 0 aliphatic rings. The van der Waals surface area contributed by atoms with Crippen LogP contribution in [0.1, 0.15) is 34.5 Å². The number of nitrogens with one attached hydrogen (secondary N) is 1. The first kappa shape index (κ1) is 18.2. The van der Waals surface area contributed by atoms with E-state index in [0.29, 0.717) is 22.4 Å². The van der Waals surface area contributed by atoms with E-state index in [-0.39, 0.29) is 22.1 Å². The minimum atomic E-state index is -4.67. The first-order valence-electron chi connectivity index (χ1n) is 7.60. The van der Waals surface area contributed by atoms with Gasteiger partial charge in [0.1, 0.15) is 10.7 Å². The lowest BCUT2D eigenvalue weighted by Crippen LogP contribution is -2.16. The summed E-state index contributed by atoms with van der Waals surface area (Å²) in [5.41, 5.74) is -0.408. The first-order valence-corrected chi connectivity index (χ1v) is 7.98. The standard InChI is InChI=1S/C15H14ClF3N6O/c1-4-24-8(3)9(6-20-24)22-14(26)12-11(16)13-21-7(2)5-10(15(17,18)19)25(13)23-12/h5-6H,4H2,1-3H3,(H,22,26). The summed E-state index contributed by atoms with van der Waals surface area (Å²) in [6, 6.07) is 0.841. The quantitative estimate of drug-likeness (QED) is 0.747. The number of aryl methyl sites for hydroxylation is 2. The van der Waals surface area contributed by atoms with Crippen LogP contribution in [0.4, 0.5) is 18.9 Å². The van der Waals surface area contributed by atoms with Crippen molar-refractivity contribution in [3.8, 4) is 0 Å². The SMILES string of the molecule is CCn1ncc(NC(=O)c2nn3c(C(F)(F)F)cc(C)nc3c2Cl)c1C. The molecule has 138 valence electrons. The lowest BCUT2D eigenvalue weighted by atomic mass is 10.3. The van der Waals surface area contributed by atoms with Gasteiger partial charge in [-0.15, -0.1) is 0 Å². The van der Waals surface area contributed by atoms with Crippen LogP contribution in [0.2, 0.25) is 5.02 Å². The van der Waals surface area contributed by atoms with Gasteiger partial charge < -0.3 is 5.32 Å². The molecule has 0 atom stereocenters. The molecule has 11 heteroatoms. The molecule has 0 unspecified atom stereocenters. The van der Waals surface area contributed by atoms with Crippen molar-refractivity contribution in [2.45, 2.75) is 33.5 Å². The molecule has 1 N–H and O–H groups in total. The number of carbonyl (C=O) groups is 1. The number of carbonyl (C=O) groups excluding carboxylic acids is 1. The van der Waals surface area contributed by atoms with Gasteiger partial charge in [-0.1, -0.05) is 11.6 Å². The number of anilines is 1. The molecule has 0 fully saturated rings. The zero-order chi connectivity index (χ0) is 19.2. The molecule has 0 aliphatic heterocycles. The summed E-state index contributed by atoms with van der Waals surface area (Å²) in [5, 5.41) is 10.1. The van der Waals surface area contributed by atoms with E-state index < -0.39 is 17.8 Å². The summed E-state index contributed by atoms with van der Waals surface area (Å²) in [6.07, 6.45) is -3.22. The highest BCUT2D eigenvalue weighted by Gasteiger charge is 2.36. The zero-order valence-electron chi connectivity index (χ0n) is 14.0. The first-order chi connectivity index (χ1) is 12.1. The van der Waals surface area contributed by atoms with Gasteiger partial charge in [-0.25, -0.2) is 9.50 Å². The Kier molecular flexibility index (Phi) is 4.39. The Balaban J connectivity index is 2.06. The Labute approximate surface area is 150 Å². The second kappa shape index (κ2) is 6.27. The minimum Gasteiger partial charge on any atom is -0.318 e. The Bertz CT molecular complexity index is 1010. The fourth-order valence-corrected chi connectivity index (χ4v) is 2.78. The van der Waals surface area contributed by atoms with E-state index >= 15 is 0 Å². The molecule has 0 bridgehead atoms. The van der Waals surface area contributed by atoms with Crippen LogP contribution in [0.15, 0.2) is 12.3 Å². The number of halogens is 4. The van der Waals surface area contributed by atoms with Crippen molar-refractivity contribution >= 4 is 28.8 Å². The predicted octanol–water partition coefficient (Wildman–Crippen LogP) is 3.49. The molecular weight excluding hydrogens is 373 g/mol. The summed E-state index contributed by atoms with van der Waals surface area (Å²) >= 11 is 6.09. The van der Waals surface area contributed by atoms with Gasteiger partial charge in [-0.3, -0.25) is 9.48 Å². The molecule has 3 aromatic heterocycles. The van der Waals surface area contributed by atoms with E-state index in [1.807, 2.05) is 6.92 Å². The predicted molar refractivity (Wildman–Crippen MR) is 88.3 cm³/mol. The Morgan fingerprint density at radius 1 is 1.35 bits per heavy atom. The largest absolute Gasteiger partial charge is 0.433 e. The molecule has 3 heterocycles. The van der Waals surface area contributed by atoms with E-state index in [1.54, 1.807) is 11.6 Å². The summed E-state index contributed by atoms with van der Waals surface area (Å²) < 4.78 is 41.9. The number of amides is 1. The van der Waals surface area contributed by atoms with E-state index in [9.17, 15) is 18.0 Å². The Hall–Kier alpha value is -2.62. The fourth-order valence-electron chi connectivity index (χ4n) is 2.53. The van der Waals surface area contributed by atoms with Crippen molar-refractivity contribution in [2.24, 2.45) is 0 Å². The maximum absolute atomic E-state index is 13.2. The molecule has 1 amide bonds. The summed E-state index contributed by atoms with van der Waals surface area (Å²) in [6.45, 7) is 5.65. The molecule has 0 aromatic carbocycles. The summed E-state index contributed by atoms with van der Waals surface area (Å²) in [7, 11) is 0. The smallest absolute Gasteiger partial charge is 0.318 e. The number of fused-ring (bicyclic) bond motifs is 1. The van der Waals surface area contributed by atoms with Gasteiger partial charge in [0.25, 0.3) is 5.91 Å². The van der Waals surface area contributed by atoms with Gasteiger partial charge in [0, 0.05) is 12.2 Å². The molecule has 7 nitrogen and oxygen atoms in total. The monoisotopic (exact) mass is 386 g/mol. The third-order valence-electron chi connectivity index (χ3n) is 3.82. The summed E-state index contributed by atoms with van der Waals surface area (Å²) in [5.74, 6) is -0.745. The molecule has 3 rings (SSSR count). The number of hydrogen-bond acceptors (Lipinski definition) is 4. The highest BCUT2D eigenvalue weighted by atomic mass is 35.5. The van der Waals surface area contributed by atoms with E-state index in [1.165, 1.54) is 13.1 Å². The average molecular weight is 387 g/mol. The summed E-state index contributed by atoms with van der Waals surface area (Å²) in [4.78, 5) is 16.4. The van der Waals surface area contributed by atoms with E-state index in [0.717, 1.165) is 6.07 Å². The lowest BCUT2D eigenvalue weighted by molar-refractivity contribution is -0.142. The van der Waals surface area contributed by atoms with Gasteiger partial charge in [0.15, 0.2) is 11.3 Å². The molecule has 0 radical (unpaired) electrons. The van der Waals surface area contributed by atoms with Crippen molar-refractivity contribution < 1.29 is 18.0 Å². The van der Waals surface area contributed by atoms with E-state index in [4.69, 9.17) is 11.6 Å². The maximum Gasteiger partial charge on any atom is 0.433 e. The normalized spacial score (nSPS) is 12.0. The van der Waals surface area contributed by atoms with Crippen molar-refractivity contribution in [3.05, 3.63) is 40.1 Å². The van der Waals surface area contributed by atoms with Crippen molar-refractivity contribution in [1.29, 1.82) is 0 Å². The van der Waals surface area contributed by atoms with Crippen LogP contribution in [0.5, 0.6) is 0 Å². The molecule has 0 spiro atoms. The third kappa shape index (κ3) is 3.00. The molecular formula is C15H14ClF3N6O. The molecule has 26 heavy (non-hydrogen) atoms. The number of aromatic nitrogens is 5. The topological polar surface area (TPSA) is 77.1 Å². The molecule has 0 saturated heterocycles. The number of rotatable bonds is 3. The van der Waals surface area contributed by atoms with Gasteiger partial charge in [-0.05, 0) is 26.8 Å². The molecule has 0 aliphatic carbocycles. The molecule has 3 aromatic rings. The van der Waals surface area contributed by atoms with Crippen molar-refractivity contribution in [2.75, 3.05) is 5.32 Å². The highest BCUT2D eigenvalue weighted by molar-refractivity contribution is 6.37. The number of hydrogen-bond donors (Lipinski definition) is 1. The van der Waals surface area contributed by atoms with Crippen LogP contribution in [0.3, 0.4) is 0 Å². The second-order valence-electron chi connectivity index (χ2n) is 5.59. The molecule has 0 saturated carbocycles. The van der Waals surface area contributed by atoms with Gasteiger partial charge >= 0.3 is 6.18 Å². The number of alkyl halides is 3. The van der Waals surface area contributed by atoms with Crippen molar-refractivity contribution in [1.82, 2.24) is 24.4 Å². The maximum atomic E-state index is 13.2. The minimum absolute atomic E-state index is 0.110. The fraction of sp³-hybridized carbons (Fsp3) is 0.333. The Morgan fingerprint density at radius 2 is 2.04 bits per heavy atom. The lowest BCUT2D eigenvalue weighted by Gasteiger charge is -2.09. The van der Waals surface area contributed by atoms with Crippen LogP contribution in [-0.4, -0.2) is 30.3 Å². The van der Waals surface area contributed by atoms with Crippen LogP contribution >= 0.6 is 11.6 Å². The average Bonchev–Trinajstić information content (AvgIpc) is 3.07. The zero-order valence-corrected chi connectivity index (χ0v) is 14.8. The second-order valence-corrected chi connectivity index (χ2v) is 5.97. The van der Waals surface area contributed by atoms with Gasteiger partial charge in [0.2, 0.25) is 0 Å². The van der Waals surface area contributed by atoms with Crippen LogP contribution < -0.4 is 5.32 Å². The van der Waals surface area contributed by atoms with Crippen molar-refractivity contribution in [3.63, 3.8) is 0 Å². The number of nitrogens with zero attached hydrogens (tertiary/aromatic N) is 5. The van der Waals surface area contributed by atoms with Crippen LogP contribution in [-0.2, 0) is 12.7 Å². The van der Waals surface area contributed by atoms with Gasteiger partial charge in [0.05, 0.1) is 17.6 Å². The van der Waals surface area contributed by atoms with Crippen LogP contribution in [0.25, 0.3) is 5.65 Å². The van der Waals surface area contributed by atoms with Gasteiger partial charge in [-0.2, -0.15) is 23.4 Å². The Morgan fingerprint density at radius 3 is 2.62 bits per heavy atom. The highest BCUT2D eigenvalue weighted by Crippen LogP contribution is 2.32. The van der Waals surface area contributed by atoms with E-state index in [2.05, 4.69) is 20.5 Å². The third-order valence-corrected chi connectivity index (χ3v) is 4.17.